The van der Waals surface area contributed by atoms with Crippen LogP contribution in [-0.2, 0) is 6.18 Å². The predicted molar refractivity (Wildman–Crippen MR) is 89.0 cm³/mol. The number of hydrogen-bond donors (Lipinski definition) is 0. The van der Waals surface area contributed by atoms with Gasteiger partial charge in [-0.05, 0) is 37.8 Å². The molecule has 1 aliphatic carbocycles. The van der Waals surface area contributed by atoms with E-state index in [1.807, 2.05) is 0 Å². The number of hydrogen-bond acceptors (Lipinski definition) is 4. The molecule has 0 spiro atoms. The van der Waals surface area contributed by atoms with Crippen LogP contribution in [-0.4, -0.2) is 23.1 Å². The van der Waals surface area contributed by atoms with Crippen LogP contribution in [0.15, 0.2) is 30.5 Å². The van der Waals surface area contributed by atoms with E-state index in [1.54, 1.807) is 6.07 Å². The lowest BCUT2D eigenvalue weighted by Crippen LogP contribution is -2.23. The van der Waals surface area contributed by atoms with Crippen molar-refractivity contribution in [3.05, 3.63) is 41.8 Å². The Morgan fingerprint density at radius 3 is 2.46 bits per heavy atom. The first-order chi connectivity index (χ1) is 12.4. The van der Waals surface area contributed by atoms with Gasteiger partial charge in [0, 0.05) is 13.2 Å². The van der Waals surface area contributed by atoms with Crippen LogP contribution >= 0.6 is 0 Å². The molecular formula is C18H19F4N3O. The third-order valence-corrected chi connectivity index (χ3v) is 4.41. The summed E-state index contributed by atoms with van der Waals surface area (Å²) in [4.78, 5) is 8.74. The van der Waals surface area contributed by atoms with E-state index in [4.69, 9.17) is 4.74 Å². The number of nitrogens with zero attached hydrogens (tertiary/aromatic N) is 3. The minimum Gasteiger partial charge on any atom is -0.460 e. The van der Waals surface area contributed by atoms with Gasteiger partial charge in [-0.1, -0.05) is 18.6 Å². The van der Waals surface area contributed by atoms with Gasteiger partial charge in [0.05, 0.1) is 5.69 Å². The predicted octanol–water partition coefficient (Wildman–Crippen LogP) is 5.11. The van der Waals surface area contributed by atoms with Gasteiger partial charge in [-0.25, -0.2) is 9.37 Å². The van der Waals surface area contributed by atoms with E-state index in [0.29, 0.717) is 6.20 Å². The standard InChI is InChI=1S/C18H19F4N3O/c1-25(15-10-6-5-9-14(15)19)16-13(18(20,21)22)11-23-17(24-16)26-12-7-3-2-4-8-12/h5-6,9-12H,2-4,7-8H2,1H3. The summed E-state index contributed by atoms with van der Waals surface area (Å²) >= 11 is 0. The molecule has 0 unspecified atom stereocenters. The summed E-state index contributed by atoms with van der Waals surface area (Å²) in [5.74, 6) is -1.08. The summed E-state index contributed by atoms with van der Waals surface area (Å²) in [5.41, 5.74) is -1.06. The summed E-state index contributed by atoms with van der Waals surface area (Å²) in [6, 6.07) is 5.46. The lowest BCUT2D eigenvalue weighted by molar-refractivity contribution is -0.137. The van der Waals surface area contributed by atoms with Gasteiger partial charge in [0.15, 0.2) is 5.82 Å². The maximum Gasteiger partial charge on any atom is 0.421 e. The van der Waals surface area contributed by atoms with Crippen molar-refractivity contribution in [3.8, 4) is 6.01 Å². The second-order valence-corrected chi connectivity index (χ2v) is 6.28. The van der Waals surface area contributed by atoms with E-state index in [1.165, 1.54) is 25.2 Å². The first-order valence-electron chi connectivity index (χ1n) is 8.45. The molecular weight excluding hydrogens is 350 g/mol. The molecule has 0 aliphatic heterocycles. The molecule has 1 aliphatic rings. The van der Waals surface area contributed by atoms with Gasteiger partial charge in [0.25, 0.3) is 0 Å². The second-order valence-electron chi connectivity index (χ2n) is 6.28. The summed E-state index contributed by atoms with van der Waals surface area (Å²) in [6.07, 6.45) is 0.698. The van der Waals surface area contributed by atoms with Crippen LogP contribution in [0.5, 0.6) is 6.01 Å². The van der Waals surface area contributed by atoms with Gasteiger partial charge in [-0.15, -0.1) is 0 Å². The molecule has 0 N–H and O–H groups in total. The fourth-order valence-corrected chi connectivity index (χ4v) is 3.04. The van der Waals surface area contributed by atoms with Crippen LogP contribution in [0.2, 0.25) is 0 Å². The Bertz CT molecular complexity index is 760. The first-order valence-corrected chi connectivity index (χ1v) is 8.45. The van der Waals surface area contributed by atoms with E-state index in [9.17, 15) is 17.6 Å². The van der Waals surface area contributed by atoms with Crippen molar-refractivity contribution in [2.45, 2.75) is 44.4 Å². The van der Waals surface area contributed by atoms with Crippen molar-refractivity contribution in [2.75, 3.05) is 11.9 Å². The van der Waals surface area contributed by atoms with Gasteiger partial charge in [-0.3, -0.25) is 0 Å². The number of rotatable bonds is 4. The average Bonchev–Trinajstić information content (AvgIpc) is 2.61. The Kier molecular flexibility index (Phi) is 5.29. The lowest BCUT2D eigenvalue weighted by atomic mass is 9.98. The highest BCUT2D eigenvalue weighted by atomic mass is 19.4. The van der Waals surface area contributed by atoms with Crippen molar-refractivity contribution >= 4 is 11.5 Å². The van der Waals surface area contributed by atoms with Gasteiger partial charge in [-0.2, -0.15) is 18.2 Å². The quantitative estimate of drug-likeness (QED) is 0.702. The zero-order valence-corrected chi connectivity index (χ0v) is 14.3. The SMILES string of the molecule is CN(c1ccccc1F)c1nc(OC2CCCCC2)ncc1C(F)(F)F. The van der Waals surface area contributed by atoms with Crippen molar-refractivity contribution in [3.63, 3.8) is 0 Å². The molecule has 0 amide bonds. The molecule has 4 nitrogen and oxygen atoms in total. The lowest BCUT2D eigenvalue weighted by Gasteiger charge is -2.25. The zero-order valence-electron chi connectivity index (χ0n) is 14.3. The molecule has 26 heavy (non-hydrogen) atoms. The monoisotopic (exact) mass is 369 g/mol. The molecule has 0 bridgehead atoms. The minimum atomic E-state index is -4.67. The molecule has 1 fully saturated rings. The third-order valence-electron chi connectivity index (χ3n) is 4.41. The normalized spacial score (nSPS) is 15.7. The Morgan fingerprint density at radius 2 is 1.81 bits per heavy atom. The highest BCUT2D eigenvalue weighted by Gasteiger charge is 2.37. The molecule has 2 aromatic rings. The minimum absolute atomic E-state index is 0.0136. The summed E-state index contributed by atoms with van der Waals surface area (Å²) in [6.45, 7) is 0. The molecule has 0 radical (unpaired) electrons. The van der Waals surface area contributed by atoms with Gasteiger partial charge < -0.3 is 9.64 Å². The third kappa shape index (κ3) is 4.05. The van der Waals surface area contributed by atoms with E-state index < -0.39 is 23.4 Å². The molecule has 1 aromatic carbocycles. The van der Waals surface area contributed by atoms with Gasteiger partial charge in [0.1, 0.15) is 17.5 Å². The molecule has 3 rings (SSSR count). The van der Waals surface area contributed by atoms with Gasteiger partial charge in [0.2, 0.25) is 0 Å². The fraction of sp³-hybridized carbons (Fsp3) is 0.444. The van der Waals surface area contributed by atoms with Crippen molar-refractivity contribution in [2.24, 2.45) is 0 Å². The Labute approximate surface area is 148 Å². The van der Waals surface area contributed by atoms with Gasteiger partial charge >= 0.3 is 12.2 Å². The van der Waals surface area contributed by atoms with Crippen LogP contribution in [0.1, 0.15) is 37.7 Å². The molecule has 0 atom stereocenters. The summed E-state index contributed by atoms with van der Waals surface area (Å²) in [7, 11) is 1.33. The molecule has 140 valence electrons. The Hall–Kier alpha value is -2.38. The summed E-state index contributed by atoms with van der Waals surface area (Å²) < 4.78 is 59.8. The van der Waals surface area contributed by atoms with E-state index in [-0.39, 0.29) is 17.8 Å². The fourth-order valence-electron chi connectivity index (χ4n) is 3.04. The first kappa shape index (κ1) is 18.4. The number of aromatic nitrogens is 2. The highest BCUT2D eigenvalue weighted by molar-refractivity contribution is 5.63. The molecule has 1 aromatic heterocycles. The molecule has 0 saturated heterocycles. The maximum atomic E-state index is 14.0. The Morgan fingerprint density at radius 1 is 1.12 bits per heavy atom. The average molecular weight is 369 g/mol. The zero-order chi connectivity index (χ0) is 18.7. The second kappa shape index (κ2) is 7.47. The topological polar surface area (TPSA) is 38.2 Å². The van der Waals surface area contributed by atoms with Crippen molar-refractivity contribution < 1.29 is 22.3 Å². The largest absolute Gasteiger partial charge is 0.460 e. The van der Waals surface area contributed by atoms with Crippen LogP contribution in [0.25, 0.3) is 0 Å². The maximum absolute atomic E-state index is 14.0. The molecule has 8 heteroatoms. The number of alkyl halides is 3. The van der Waals surface area contributed by atoms with Crippen LogP contribution < -0.4 is 9.64 Å². The van der Waals surface area contributed by atoms with E-state index >= 15 is 0 Å². The molecule has 1 heterocycles. The number of para-hydroxylation sites is 1. The number of halogens is 4. The number of anilines is 2. The highest BCUT2D eigenvalue weighted by Crippen LogP contribution is 2.38. The van der Waals surface area contributed by atoms with Crippen molar-refractivity contribution in [1.29, 1.82) is 0 Å². The van der Waals surface area contributed by atoms with E-state index in [0.717, 1.165) is 37.0 Å². The molecule has 1 saturated carbocycles. The van der Waals surface area contributed by atoms with Crippen molar-refractivity contribution in [1.82, 2.24) is 9.97 Å². The number of ether oxygens (including phenoxy) is 1. The Balaban J connectivity index is 1.96. The number of benzene rings is 1. The smallest absolute Gasteiger partial charge is 0.421 e. The van der Waals surface area contributed by atoms with Crippen LogP contribution in [0.3, 0.4) is 0 Å². The van der Waals surface area contributed by atoms with Crippen LogP contribution in [0, 0.1) is 5.82 Å². The van der Waals surface area contributed by atoms with E-state index in [2.05, 4.69) is 9.97 Å². The van der Waals surface area contributed by atoms with Crippen LogP contribution in [0.4, 0.5) is 29.1 Å². The summed E-state index contributed by atoms with van der Waals surface area (Å²) in [5, 5.41) is 0.